The van der Waals surface area contributed by atoms with Crippen LogP contribution in [0.25, 0.3) is 11.4 Å². The van der Waals surface area contributed by atoms with Crippen molar-refractivity contribution in [3.8, 4) is 11.4 Å². The third-order valence-electron chi connectivity index (χ3n) is 5.98. The maximum Gasteiger partial charge on any atom is 0.161 e. The number of aromatic nitrogens is 5. The van der Waals surface area contributed by atoms with Crippen molar-refractivity contribution in [1.29, 1.82) is 0 Å². The van der Waals surface area contributed by atoms with Gasteiger partial charge in [0.25, 0.3) is 0 Å². The van der Waals surface area contributed by atoms with E-state index in [0.717, 1.165) is 66.9 Å². The summed E-state index contributed by atoms with van der Waals surface area (Å²) in [7, 11) is 0. The van der Waals surface area contributed by atoms with E-state index in [1.165, 1.54) is 5.56 Å². The van der Waals surface area contributed by atoms with Crippen LogP contribution in [-0.2, 0) is 13.0 Å². The van der Waals surface area contributed by atoms with Crippen LogP contribution in [0.4, 0.5) is 5.82 Å². The van der Waals surface area contributed by atoms with Crippen LogP contribution in [0, 0.1) is 13.8 Å². The van der Waals surface area contributed by atoms with E-state index in [0.29, 0.717) is 12.2 Å². The number of nitrogens with zero attached hydrogens (tertiary/aromatic N) is 6. The van der Waals surface area contributed by atoms with E-state index in [-0.39, 0.29) is 0 Å². The number of hydrogen-bond donors (Lipinski definition) is 1. The van der Waals surface area contributed by atoms with Crippen LogP contribution in [0.1, 0.15) is 28.3 Å². The number of aryl methyl sites for hydroxylation is 2. The van der Waals surface area contributed by atoms with E-state index in [2.05, 4.69) is 67.4 Å². The van der Waals surface area contributed by atoms with E-state index in [4.69, 9.17) is 9.97 Å². The van der Waals surface area contributed by atoms with E-state index in [9.17, 15) is 0 Å². The average Bonchev–Trinajstić information content (AvgIpc) is 3.24. The lowest BCUT2D eigenvalue weighted by Crippen LogP contribution is -2.46. The third-order valence-corrected chi connectivity index (χ3v) is 5.98. The number of nitrogens with one attached hydrogen (secondary N) is 1. The summed E-state index contributed by atoms with van der Waals surface area (Å²) in [5.74, 6) is 1.72. The van der Waals surface area contributed by atoms with Gasteiger partial charge in [-0.15, -0.1) is 0 Å². The first-order valence-electron chi connectivity index (χ1n) is 11.5. The molecule has 168 valence electrons. The first kappa shape index (κ1) is 21.3. The third kappa shape index (κ3) is 5.26. The van der Waals surface area contributed by atoms with Gasteiger partial charge in [0.05, 0.1) is 11.4 Å². The van der Waals surface area contributed by atoms with Gasteiger partial charge in [0.15, 0.2) is 5.82 Å². The molecule has 0 aliphatic carbocycles. The molecule has 1 N–H and O–H groups in total. The molecule has 7 heteroatoms. The number of hydrogen-bond acceptors (Lipinski definition) is 6. The molecule has 0 bridgehead atoms. The second kappa shape index (κ2) is 9.50. The Morgan fingerprint density at radius 1 is 0.879 bits per heavy atom. The summed E-state index contributed by atoms with van der Waals surface area (Å²) in [5.41, 5.74) is 6.25. The molecule has 1 aromatic carbocycles. The van der Waals surface area contributed by atoms with Crippen molar-refractivity contribution in [2.75, 3.05) is 31.1 Å². The highest BCUT2D eigenvalue weighted by Gasteiger charge is 2.18. The van der Waals surface area contributed by atoms with Crippen molar-refractivity contribution in [2.24, 2.45) is 0 Å². The molecule has 4 heterocycles. The molecule has 1 saturated heterocycles. The minimum Gasteiger partial charge on any atom is -0.354 e. The molecule has 1 aliphatic heterocycles. The lowest BCUT2D eigenvalue weighted by Gasteiger charge is -2.35. The van der Waals surface area contributed by atoms with Gasteiger partial charge in [-0.05, 0) is 43.7 Å². The first-order valence-corrected chi connectivity index (χ1v) is 11.5. The van der Waals surface area contributed by atoms with Crippen molar-refractivity contribution in [2.45, 2.75) is 26.8 Å². The topological polar surface area (TPSA) is 73.8 Å². The van der Waals surface area contributed by atoms with Gasteiger partial charge in [0.1, 0.15) is 5.82 Å². The zero-order valence-corrected chi connectivity index (χ0v) is 19.2. The average molecular weight is 440 g/mol. The predicted molar refractivity (Wildman–Crippen MR) is 130 cm³/mol. The number of H-pyrrole nitrogens is 1. The molecule has 0 amide bonds. The van der Waals surface area contributed by atoms with Crippen LogP contribution in [0.15, 0.2) is 60.8 Å². The van der Waals surface area contributed by atoms with E-state index in [1.807, 2.05) is 32.2 Å². The van der Waals surface area contributed by atoms with E-state index >= 15 is 0 Å². The minimum absolute atomic E-state index is 0.680. The summed E-state index contributed by atoms with van der Waals surface area (Å²) in [6.07, 6.45) is 2.57. The second-order valence-electron chi connectivity index (χ2n) is 8.70. The number of pyridine rings is 1. The SMILES string of the molecule is Cc1cc(Cc2cc(C)[nH]n2)nc(-c2ccc(N3CCN(Cc4ccccc4)CC3)nc2)n1. The van der Waals surface area contributed by atoms with Gasteiger partial charge >= 0.3 is 0 Å². The smallest absolute Gasteiger partial charge is 0.161 e. The van der Waals surface area contributed by atoms with Gasteiger partial charge in [-0.2, -0.15) is 5.10 Å². The Hall–Kier alpha value is -3.58. The van der Waals surface area contributed by atoms with Crippen molar-refractivity contribution >= 4 is 5.82 Å². The Labute approximate surface area is 194 Å². The van der Waals surface area contributed by atoms with Crippen molar-refractivity contribution in [3.05, 3.63) is 89.1 Å². The molecule has 1 fully saturated rings. The highest BCUT2D eigenvalue weighted by molar-refractivity contribution is 5.57. The first-order chi connectivity index (χ1) is 16.1. The van der Waals surface area contributed by atoms with Crippen molar-refractivity contribution in [1.82, 2.24) is 30.0 Å². The maximum atomic E-state index is 4.78. The number of piperazine rings is 1. The van der Waals surface area contributed by atoms with Crippen LogP contribution < -0.4 is 4.90 Å². The van der Waals surface area contributed by atoms with Gasteiger partial charge in [0, 0.05) is 62.3 Å². The van der Waals surface area contributed by atoms with Crippen LogP contribution >= 0.6 is 0 Å². The van der Waals surface area contributed by atoms with E-state index < -0.39 is 0 Å². The second-order valence-corrected chi connectivity index (χ2v) is 8.70. The maximum absolute atomic E-state index is 4.78. The Kier molecular flexibility index (Phi) is 6.13. The minimum atomic E-state index is 0.680. The Balaban J connectivity index is 1.23. The molecule has 7 nitrogen and oxygen atoms in total. The molecule has 0 spiro atoms. The Bertz CT molecular complexity index is 1190. The summed E-state index contributed by atoms with van der Waals surface area (Å²) in [4.78, 5) is 19.0. The predicted octanol–water partition coefficient (Wildman–Crippen LogP) is 3.79. The molecule has 5 rings (SSSR count). The zero-order chi connectivity index (χ0) is 22.6. The number of benzene rings is 1. The van der Waals surface area contributed by atoms with Crippen LogP contribution in [-0.4, -0.2) is 56.2 Å². The largest absolute Gasteiger partial charge is 0.354 e. The van der Waals surface area contributed by atoms with E-state index in [1.54, 1.807) is 0 Å². The van der Waals surface area contributed by atoms with Gasteiger partial charge in [-0.1, -0.05) is 30.3 Å². The summed E-state index contributed by atoms with van der Waals surface area (Å²) < 4.78 is 0. The standard InChI is InChI=1S/C26H29N7/c1-19-14-23(16-24-15-20(2)30-31-24)29-26(28-19)22-8-9-25(27-17-22)33-12-10-32(11-13-33)18-21-6-4-3-5-7-21/h3-9,14-15,17H,10-13,16,18H2,1-2H3,(H,30,31). The molecule has 1 aliphatic rings. The molecule has 0 radical (unpaired) electrons. The van der Waals surface area contributed by atoms with Crippen LogP contribution in [0.3, 0.4) is 0 Å². The van der Waals surface area contributed by atoms with Crippen LogP contribution in [0.2, 0.25) is 0 Å². The summed E-state index contributed by atoms with van der Waals surface area (Å²) in [6, 6.07) is 18.9. The summed E-state index contributed by atoms with van der Waals surface area (Å²) in [6.45, 7) is 9.04. The molecule has 4 aromatic rings. The fourth-order valence-electron chi connectivity index (χ4n) is 4.29. The summed E-state index contributed by atoms with van der Waals surface area (Å²) in [5, 5.41) is 7.32. The van der Waals surface area contributed by atoms with Gasteiger partial charge in [0.2, 0.25) is 0 Å². The van der Waals surface area contributed by atoms with Gasteiger partial charge in [-0.3, -0.25) is 10.00 Å². The lowest BCUT2D eigenvalue weighted by molar-refractivity contribution is 0.249. The molecule has 0 saturated carbocycles. The number of anilines is 1. The lowest BCUT2D eigenvalue weighted by atomic mass is 10.2. The molecule has 0 atom stereocenters. The Morgan fingerprint density at radius 2 is 1.70 bits per heavy atom. The molecule has 0 unspecified atom stereocenters. The van der Waals surface area contributed by atoms with Gasteiger partial charge in [-0.25, -0.2) is 15.0 Å². The zero-order valence-electron chi connectivity index (χ0n) is 19.2. The number of rotatable bonds is 6. The quantitative estimate of drug-likeness (QED) is 0.493. The monoisotopic (exact) mass is 439 g/mol. The van der Waals surface area contributed by atoms with Gasteiger partial charge < -0.3 is 4.90 Å². The highest BCUT2D eigenvalue weighted by Crippen LogP contribution is 2.21. The Morgan fingerprint density at radius 3 is 2.39 bits per heavy atom. The fourth-order valence-corrected chi connectivity index (χ4v) is 4.29. The summed E-state index contributed by atoms with van der Waals surface area (Å²) >= 11 is 0. The normalized spacial score (nSPS) is 14.5. The highest BCUT2D eigenvalue weighted by atomic mass is 15.3. The van der Waals surface area contributed by atoms with Crippen molar-refractivity contribution in [3.63, 3.8) is 0 Å². The molecular formula is C26H29N7. The number of aromatic amines is 1. The fraction of sp³-hybridized carbons (Fsp3) is 0.308. The molecular weight excluding hydrogens is 410 g/mol. The van der Waals surface area contributed by atoms with Crippen molar-refractivity contribution < 1.29 is 0 Å². The molecule has 3 aromatic heterocycles. The van der Waals surface area contributed by atoms with Crippen LogP contribution in [0.5, 0.6) is 0 Å². The molecule has 33 heavy (non-hydrogen) atoms.